The lowest BCUT2D eigenvalue weighted by atomic mass is 10.00. The number of rotatable bonds is 18. The zero-order valence-electron chi connectivity index (χ0n) is 24.4. The maximum atomic E-state index is 4.67. The Balaban J connectivity index is 1.34. The second kappa shape index (κ2) is 17.9. The molecule has 0 aliphatic rings. The highest BCUT2D eigenvalue weighted by Crippen LogP contribution is 2.24. The monoisotopic (exact) mass is 526 g/mol. The van der Waals surface area contributed by atoms with Gasteiger partial charge in [0.25, 0.3) is 0 Å². The van der Waals surface area contributed by atoms with Gasteiger partial charge in [-0.05, 0) is 61.8 Å². The van der Waals surface area contributed by atoms with Crippen molar-refractivity contribution >= 4 is 9.52 Å². The first-order chi connectivity index (χ1) is 18.7. The summed E-state index contributed by atoms with van der Waals surface area (Å²) in [6, 6.07) is 19.2. The van der Waals surface area contributed by atoms with Crippen molar-refractivity contribution in [3.8, 4) is 22.5 Å². The number of allylic oxidation sites excluding steroid dienone is 1. The zero-order valence-corrected chi connectivity index (χ0v) is 25.8. The third kappa shape index (κ3) is 11.5. The van der Waals surface area contributed by atoms with Gasteiger partial charge in [-0.25, -0.2) is 9.97 Å². The first-order valence-electron chi connectivity index (χ1n) is 15.3. The van der Waals surface area contributed by atoms with Gasteiger partial charge in [-0.2, -0.15) is 0 Å². The molecule has 0 aliphatic heterocycles. The van der Waals surface area contributed by atoms with E-state index in [1.807, 2.05) is 12.4 Å². The number of aromatic nitrogens is 2. The second-order valence-electron chi connectivity index (χ2n) is 11.1. The van der Waals surface area contributed by atoms with E-state index in [0.29, 0.717) is 0 Å². The van der Waals surface area contributed by atoms with E-state index in [4.69, 9.17) is 0 Å². The standard InChI is InChI=1S/C35H50N2Si/c1-4-5-6-12-15-30-17-19-32(20-18-30)33-21-23-34(24-22-33)35-36-26-31(27-37-35)16-13-10-8-7-9-11-14-25-38-28-29(2)3/h17-24,26-28H,4-16,25,38H2,1-3H3. The van der Waals surface area contributed by atoms with E-state index in [1.54, 1.807) is 0 Å². The highest BCUT2D eigenvalue weighted by atomic mass is 28.2. The molecule has 204 valence electrons. The van der Waals surface area contributed by atoms with Crippen molar-refractivity contribution in [1.82, 2.24) is 9.97 Å². The molecule has 0 radical (unpaired) electrons. The van der Waals surface area contributed by atoms with Crippen molar-refractivity contribution in [3.05, 3.63) is 83.3 Å². The quantitative estimate of drug-likeness (QED) is 0.122. The average Bonchev–Trinajstić information content (AvgIpc) is 2.95. The molecule has 0 unspecified atom stereocenters. The van der Waals surface area contributed by atoms with E-state index < -0.39 is 0 Å². The number of unbranched alkanes of at least 4 members (excludes halogenated alkanes) is 9. The summed E-state index contributed by atoms with van der Waals surface area (Å²) in [6.45, 7) is 6.71. The number of hydrogen-bond acceptors (Lipinski definition) is 2. The third-order valence-electron chi connectivity index (χ3n) is 7.43. The Bertz CT molecular complexity index is 1050. The first-order valence-corrected chi connectivity index (χ1v) is 17.1. The largest absolute Gasteiger partial charge is 0.236 e. The molecule has 0 atom stereocenters. The molecular weight excluding hydrogens is 476 g/mol. The molecule has 0 amide bonds. The Morgan fingerprint density at radius 1 is 0.605 bits per heavy atom. The van der Waals surface area contributed by atoms with Crippen molar-refractivity contribution in [1.29, 1.82) is 0 Å². The first kappa shape index (κ1) is 30.0. The Hall–Kier alpha value is -2.52. The van der Waals surface area contributed by atoms with E-state index >= 15 is 0 Å². The molecule has 3 aromatic rings. The van der Waals surface area contributed by atoms with Crippen LogP contribution in [0.1, 0.15) is 103 Å². The smallest absolute Gasteiger partial charge is 0.159 e. The second-order valence-corrected chi connectivity index (χ2v) is 12.8. The highest BCUT2D eigenvalue weighted by molar-refractivity contribution is 6.42. The van der Waals surface area contributed by atoms with Crippen molar-refractivity contribution in [3.63, 3.8) is 0 Å². The summed E-state index contributed by atoms with van der Waals surface area (Å²) < 4.78 is 0. The van der Waals surface area contributed by atoms with E-state index in [0.717, 1.165) is 17.8 Å². The molecule has 3 heteroatoms. The van der Waals surface area contributed by atoms with Gasteiger partial charge < -0.3 is 0 Å². The number of hydrogen-bond donors (Lipinski definition) is 0. The summed E-state index contributed by atoms with van der Waals surface area (Å²) >= 11 is 0. The highest BCUT2D eigenvalue weighted by Gasteiger charge is 2.04. The van der Waals surface area contributed by atoms with Crippen LogP contribution in [0.25, 0.3) is 22.5 Å². The van der Waals surface area contributed by atoms with E-state index in [9.17, 15) is 0 Å². The maximum Gasteiger partial charge on any atom is 0.159 e. The summed E-state index contributed by atoms with van der Waals surface area (Å²) in [4.78, 5) is 9.33. The van der Waals surface area contributed by atoms with Crippen molar-refractivity contribution in [2.75, 3.05) is 0 Å². The van der Waals surface area contributed by atoms with Crippen molar-refractivity contribution in [2.45, 2.75) is 110 Å². The minimum absolute atomic E-state index is 0.0739. The fraction of sp³-hybridized carbons (Fsp3) is 0.486. The van der Waals surface area contributed by atoms with Crippen LogP contribution in [0.3, 0.4) is 0 Å². The molecule has 3 rings (SSSR count). The van der Waals surface area contributed by atoms with Gasteiger partial charge in [0.2, 0.25) is 0 Å². The van der Waals surface area contributed by atoms with Crippen molar-refractivity contribution < 1.29 is 0 Å². The number of benzene rings is 2. The van der Waals surface area contributed by atoms with Gasteiger partial charge in [0.1, 0.15) is 0 Å². The van der Waals surface area contributed by atoms with Crippen LogP contribution in [0.15, 0.2) is 72.2 Å². The van der Waals surface area contributed by atoms with Crippen molar-refractivity contribution in [2.24, 2.45) is 0 Å². The molecule has 0 saturated heterocycles. The van der Waals surface area contributed by atoms with E-state index in [1.165, 1.54) is 111 Å². The Morgan fingerprint density at radius 3 is 1.71 bits per heavy atom. The SMILES string of the molecule is CCCCCCc1ccc(-c2ccc(-c3ncc(CCCCCCCCC[SiH2]C=C(C)C)cn3)cc2)cc1. The maximum absolute atomic E-state index is 4.67. The van der Waals surface area contributed by atoms with Gasteiger partial charge in [0.05, 0.1) is 0 Å². The van der Waals surface area contributed by atoms with E-state index in [-0.39, 0.29) is 9.52 Å². The number of aryl methyl sites for hydroxylation is 2. The molecule has 0 saturated carbocycles. The lowest BCUT2D eigenvalue weighted by Gasteiger charge is -2.07. The fourth-order valence-corrected chi connectivity index (χ4v) is 6.41. The van der Waals surface area contributed by atoms with Crippen LogP contribution >= 0.6 is 0 Å². The Labute approximate surface area is 235 Å². The molecule has 0 aliphatic carbocycles. The van der Waals surface area contributed by atoms with E-state index in [2.05, 4.69) is 85.0 Å². The summed E-state index contributed by atoms with van der Waals surface area (Å²) in [5, 5.41) is 0. The summed E-state index contributed by atoms with van der Waals surface area (Å²) in [5.74, 6) is 0.815. The van der Waals surface area contributed by atoms with Gasteiger partial charge in [-0.1, -0.05) is 125 Å². The lowest BCUT2D eigenvalue weighted by molar-refractivity contribution is 0.588. The van der Waals surface area contributed by atoms with Crippen LogP contribution < -0.4 is 0 Å². The zero-order chi connectivity index (χ0) is 26.8. The normalized spacial score (nSPS) is 11.3. The number of nitrogens with zero attached hydrogens (tertiary/aromatic N) is 2. The molecule has 1 heterocycles. The van der Waals surface area contributed by atoms with Gasteiger partial charge >= 0.3 is 0 Å². The van der Waals surface area contributed by atoms with Gasteiger partial charge in [-0.3, -0.25) is 0 Å². The van der Waals surface area contributed by atoms with Gasteiger partial charge in [-0.15, -0.1) is 5.70 Å². The molecule has 2 nitrogen and oxygen atoms in total. The molecule has 0 spiro atoms. The minimum Gasteiger partial charge on any atom is -0.236 e. The topological polar surface area (TPSA) is 25.8 Å². The predicted molar refractivity (Wildman–Crippen MR) is 170 cm³/mol. The fourth-order valence-electron chi connectivity index (χ4n) is 4.99. The predicted octanol–water partition coefficient (Wildman–Crippen LogP) is 9.72. The van der Waals surface area contributed by atoms with Crippen LogP contribution in [-0.2, 0) is 12.8 Å². The summed E-state index contributed by atoms with van der Waals surface area (Å²) in [5.41, 5.74) is 10.3. The molecular formula is C35H50N2Si. The average molecular weight is 527 g/mol. The third-order valence-corrected chi connectivity index (χ3v) is 9.44. The molecule has 2 aromatic carbocycles. The molecule has 0 bridgehead atoms. The summed E-state index contributed by atoms with van der Waals surface area (Å²) in [6.07, 6.45) is 21.1. The summed E-state index contributed by atoms with van der Waals surface area (Å²) in [7, 11) is 0.0739. The van der Waals surface area contributed by atoms with Crippen LogP contribution in [-0.4, -0.2) is 19.5 Å². The minimum atomic E-state index is 0.0739. The van der Waals surface area contributed by atoms with Crippen LogP contribution in [0, 0.1) is 0 Å². The Kier molecular flexibility index (Phi) is 14.1. The lowest BCUT2D eigenvalue weighted by Crippen LogP contribution is -1.93. The molecule has 0 fully saturated rings. The van der Waals surface area contributed by atoms with Crippen LogP contribution in [0.2, 0.25) is 6.04 Å². The van der Waals surface area contributed by atoms with Crippen LogP contribution in [0.4, 0.5) is 0 Å². The van der Waals surface area contributed by atoms with Crippen LogP contribution in [0.5, 0.6) is 0 Å². The Morgan fingerprint density at radius 2 is 1.11 bits per heavy atom. The molecule has 1 aromatic heterocycles. The van der Waals surface area contributed by atoms with Gasteiger partial charge in [0.15, 0.2) is 5.82 Å². The molecule has 38 heavy (non-hydrogen) atoms. The van der Waals surface area contributed by atoms with Gasteiger partial charge in [0, 0.05) is 27.5 Å². The molecule has 0 N–H and O–H groups in total.